The minimum Gasteiger partial charge on any atom is -0.508 e. The van der Waals surface area contributed by atoms with Gasteiger partial charge in [-0.3, -0.25) is 4.79 Å². The van der Waals surface area contributed by atoms with Gasteiger partial charge < -0.3 is 10.0 Å². The maximum atomic E-state index is 12.1. The van der Waals surface area contributed by atoms with Crippen molar-refractivity contribution in [2.24, 2.45) is 0 Å². The Hall–Kier alpha value is -2.07. The van der Waals surface area contributed by atoms with E-state index in [1.54, 1.807) is 37.4 Å². The van der Waals surface area contributed by atoms with E-state index in [1.807, 2.05) is 0 Å². The second kappa shape index (κ2) is 5.06. The number of hydrogen-bond acceptors (Lipinski definition) is 3. The third-order valence-electron chi connectivity index (χ3n) is 2.47. The molecule has 0 fully saturated rings. The first-order valence-corrected chi connectivity index (χ1v) is 5.64. The van der Waals surface area contributed by atoms with Gasteiger partial charge in [-0.1, -0.05) is 17.7 Å². The van der Waals surface area contributed by atoms with E-state index < -0.39 is 0 Å². The summed E-state index contributed by atoms with van der Waals surface area (Å²) in [5, 5.41) is 9.86. The molecule has 0 spiro atoms. The zero-order valence-corrected chi connectivity index (χ0v) is 10.4. The number of pyridine rings is 1. The van der Waals surface area contributed by atoms with Crippen molar-refractivity contribution in [2.75, 3.05) is 11.9 Å². The van der Waals surface area contributed by atoms with Gasteiger partial charge in [0, 0.05) is 25.0 Å². The number of phenolic OH excluding ortho intramolecular Hbond substituents is 1. The van der Waals surface area contributed by atoms with Gasteiger partial charge in [-0.25, -0.2) is 4.98 Å². The average Bonchev–Trinajstić information content (AvgIpc) is 2.38. The highest BCUT2D eigenvalue weighted by Gasteiger charge is 2.14. The molecule has 0 bridgehead atoms. The van der Waals surface area contributed by atoms with Crippen molar-refractivity contribution >= 4 is 23.2 Å². The summed E-state index contributed by atoms with van der Waals surface area (Å²) in [5.74, 6) is -0.159. The number of aromatic hydroxyl groups is 1. The van der Waals surface area contributed by atoms with Gasteiger partial charge in [0.15, 0.2) is 0 Å². The van der Waals surface area contributed by atoms with Crippen LogP contribution in [0.2, 0.25) is 5.02 Å². The number of halogens is 1. The third kappa shape index (κ3) is 2.60. The van der Waals surface area contributed by atoms with Crippen LogP contribution in [0.3, 0.4) is 0 Å². The molecule has 1 heterocycles. The minimum atomic E-state index is -0.266. The molecule has 0 aliphatic rings. The lowest BCUT2D eigenvalue weighted by Crippen LogP contribution is -2.26. The van der Waals surface area contributed by atoms with Gasteiger partial charge in [-0.2, -0.15) is 0 Å². The fourth-order valence-electron chi connectivity index (χ4n) is 1.49. The Balaban J connectivity index is 2.26. The van der Waals surface area contributed by atoms with Crippen molar-refractivity contribution in [2.45, 2.75) is 0 Å². The van der Waals surface area contributed by atoms with E-state index in [9.17, 15) is 9.90 Å². The molecule has 2 aromatic rings. The van der Waals surface area contributed by atoms with Gasteiger partial charge in [0.2, 0.25) is 0 Å². The molecule has 1 aromatic carbocycles. The molecule has 4 nitrogen and oxygen atoms in total. The minimum absolute atomic E-state index is 0.108. The molecule has 0 atom stereocenters. The normalized spacial score (nSPS) is 10.1. The maximum absolute atomic E-state index is 12.1. The number of carbonyl (C=O) groups is 1. The molecule has 0 unspecified atom stereocenters. The number of hydrogen-bond donors (Lipinski definition) is 1. The zero-order chi connectivity index (χ0) is 13.1. The molecule has 92 valence electrons. The van der Waals surface area contributed by atoms with E-state index in [0.717, 1.165) is 0 Å². The highest BCUT2D eigenvalue weighted by molar-refractivity contribution is 6.30. The van der Waals surface area contributed by atoms with Gasteiger partial charge in [-0.05, 0) is 24.3 Å². The maximum Gasteiger partial charge on any atom is 0.276 e. The first-order chi connectivity index (χ1) is 8.58. The molecular weight excluding hydrogens is 252 g/mol. The van der Waals surface area contributed by atoms with Crippen LogP contribution in [0.15, 0.2) is 42.6 Å². The molecule has 0 saturated carbocycles. The first-order valence-electron chi connectivity index (χ1n) is 5.26. The number of anilines is 1. The number of carbonyl (C=O) groups excluding carboxylic acids is 1. The summed E-state index contributed by atoms with van der Waals surface area (Å²) in [7, 11) is 1.62. The Bertz CT molecular complexity index is 569. The van der Waals surface area contributed by atoms with Gasteiger partial charge in [0.05, 0.1) is 5.02 Å². The summed E-state index contributed by atoms with van der Waals surface area (Å²) in [5.41, 5.74) is 0.891. The molecule has 0 aliphatic heterocycles. The summed E-state index contributed by atoms with van der Waals surface area (Å²) in [6, 6.07) is 9.62. The van der Waals surface area contributed by atoms with Gasteiger partial charge in [-0.15, -0.1) is 0 Å². The number of phenols is 1. The standard InChI is InChI=1S/C13H11ClN2O2/c1-16(10-3-2-4-11(17)7-10)13(18)12-6-5-9(14)8-15-12/h2-8,17H,1H3. The molecule has 1 amide bonds. The predicted molar refractivity (Wildman–Crippen MR) is 70.1 cm³/mol. The number of rotatable bonds is 2. The van der Waals surface area contributed by atoms with Crippen LogP contribution in [0.1, 0.15) is 10.5 Å². The highest BCUT2D eigenvalue weighted by Crippen LogP contribution is 2.20. The first kappa shape index (κ1) is 12.4. The van der Waals surface area contributed by atoms with Gasteiger partial charge >= 0.3 is 0 Å². The van der Waals surface area contributed by atoms with Crippen molar-refractivity contribution < 1.29 is 9.90 Å². The molecule has 2 rings (SSSR count). The molecule has 1 N–H and O–H groups in total. The number of benzene rings is 1. The summed E-state index contributed by atoms with van der Waals surface area (Å²) in [6.45, 7) is 0. The quantitative estimate of drug-likeness (QED) is 0.905. The van der Waals surface area contributed by atoms with E-state index in [-0.39, 0.29) is 11.7 Å². The van der Waals surface area contributed by atoms with E-state index in [1.165, 1.54) is 17.2 Å². The highest BCUT2D eigenvalue weighted by atomic mass is 35.5. The number of aromatic nitrogens is 1. The smallest absolute Gasteiger partial charge is 0.276 e. The summed E-state index contributed by atoms with van der Waals surface area (Å²) in [6.07, 6.45) is 1.42. The molecule has 0 aliphatic carbocycles. The molecule has 5 heteroatoms. The fourth-order valence-corrected chi connectivity index (χ4v) is 1.60. The number of nitrogens with zero attached hydrogens (tertiary/aromatic N) is 2. The Morgan fingerprint density at radius 1 is 1.33 bits per heavy atom. The molecule has 1 aromatic heterocycles. The summed E-state index contributed by atoms with van der Waals surface area (Å²) in [4.78, 5) is 17.5. The predicted octanol–water partition coefficient (Wildman–Crippen LogP) is 2.72. The topological polar surface area (TPSA) is 53.4 Å². The second-order valence-corrected chi connectivity index (χ2v) is 4.18. The second-order valence-electron chi connectivity index (χ2n) is 3.75. The van der Waals surface area contributed by atoms with Crippen LogP contribution in [-0.2, 0) is 0 Å². The van der Waals surface area contributed by atoms with Crippen LogP contribution in [0, 0.1) is 0 Å². The average molecular weight is 263 g/mol. The summed E-state index contributed by atoms with van der Waals surface area (Å²) >= 11 is 5.71. The number of amides is 1. The van der Waals surface area contributed by atoms with Crippen molar-refractivity contribution in [1.82, 2.24) is 4.98 Å². The lowest BCUT2D eigenvalue weighted by molar-refractivity contribution is 0.0988. The van der Waals surface area contributed by atoms with Crippen LogP contribution in [-0.4, -0.2) is 23.0 Å². The van der Waals surface area contributed by atoms with Crippen LogP contribution < -0.4 is 4.90 Å². The van der Waals surface area contributed by atoms with Crippen molar-refractivity contribution in [3.05, 3.63) is 53.3 Å². The van der Waals surface area contributed by atoms with E-state index in [2.05, 4.69) is 4.98 Å². The van der Waals surface area contributed by atoms with Gasteiger partial charge in [0.1, 0.15) is 11.4 Å². The van der Waals surface area contributed by atoms with E-state index >= 15 is 0 Å². The van der Waals surface area contributed by atoms with Crippen LogP contribution in [0.5, 0.6) is 5.75 Å². The molecular formula is C13H11ClN2O2. The Kier molecular flexibility index (Phi) is 3.48. The van der Waals surface area contributed by atoms with Crippen molar-refractivity contribution in [1.29, 1.82) is 0 Å². The zero-order valence-electron chi connectivity index (χ0n) is 9.67. The fraction of sp³-hybridized carbons (Fsp3) is 0.0769. The van der Waals surface area contributed by atoms with E-state index in [4.69, 9.17) is 11.6 Å². The Labute approximate surface area is 109 Å². The van der Waals surface area contributed by atoms with Crippen molar-refractivity contribution in [3.8, 4) is 5.75 Å². The summed E-state index contributed by atoms with van der Waals surface area (Å²) < 4.78 is 0. The monoisotopic (exact) mass is 262 g/mol. The third-order valence-corrected chi connectivity index (χ3v) is 2.69. The largest absolute Gasteiger partial charge is 0.508 e. The Morgan fingerprint density at radius 3 is 2.72 bits per heavy atom. The van der Waals surface area contributed by atoms with Crippen LogP contribution >= 0.6 is 11.6 Å². The van der Waals surface area contributed by atoms with Crippen molar-refractivity contribution in [3.63, 3.8) is 0 Å². The van der Waals surface area contributed by atoms with Crippen LogP contribution in [0.4, 0.5) is 5.69 Å². The molecule has 0 radical (unpaired) electrons. The SMILES string of the molecule is CN(C(=O)c1ccc(Cl)cn1)c1cccc(O)c1. The van der Waals surface area contributed by atoms with Crippen LogP contribution in [0.25, 0.3) is 0 Å². The molecule has 0 saturated heterocycles. The lowest BCUT2D eigenvalue weighted by Gasteiger charge is -2.16. The molecule has 18 heavy (non-hydrogen) atoms. The lowest BCUT2D eigenvalue weighted by atomic mass is 10.2. The Morgan fingerprint density at radius 2 is 2.11 bits per heavy atom. The van der Waals surface area contributed by atoms with E-state index in [0.29, 0.717) is 16.4 Å². The van der Waals surface area contributed by atoms with Gasteiger partial charge in [0.25, 0.3) is 5.91 Å².